The Labute approximate surface area is 157 Å². The molecule has 0 bridgehead atoms. The van der Waals surface area contributed by atoms with Crippen molar-refractivity contribution in [3.05, 3.63) is 48.0 Å². The van der Waals surface area contributed by atoms with Gasteiger partial charge in [-0.3, -0.25) is 10.00 Å². The highest BCUT2D eigenvalue weighted by Crippen LogP contribution is 2.32. The number of carbonyl (C=O) groups is 1. The van der Waals surface area contributed by atoms with E-state index in [4.69, 9.17) is 9.26 Å². The first kappa shape index (κ1) is 18.5. The Balaban J connectivity index is 1.87. The fraction of sp³-hybridized carbons (Fsp3) is 0.316. The maximum Gasteiger partial charge on any atom is 0.323 e. The van der Waals surface area contributed by atoms with Gasteiger partial charge in [-0.15, -0.1) is 0 Å². The van der Waals surface area contributed by atoms with Crippen molar-refractivity contribution in [3.63, 3.8) is 0 Å². The van der Waals surface area contributed by atoms with Gasteiger partial charge in [0.05, 0.1) is 18.8 Å². The Kier molecular flexibility index (Phi) is 5.16. The van der Waals surface area contributed by atoms with Crippen LogP contribution >= 0.6 is 0 Å². The summed E-state index contributed by atoms with van der Waals surface area (Å²) in [6, 6.07) is 8.90. The van der Waals surface area contributed by atoms with Gasteiger partial charge in [-0.2, -0.15) is 5.10 Å². The molecule has 2 amide bonds. The standard InChI is InChI=1S/C19H23N5O3/c1-12-17(14-6-8-15(26-5)9-7-14)18(24(4)21-12)20-19(25)23(3)13(2)16-10-11-27-22-16/h6-11,13H,1-5H3,(H,20,25). The quantitative estimate of drug-likeness (QED) is 0.742. The monoisotopic (exact) mass is 369 g/mol. The van der Waals surface area contributed by atoms with Crippen LogP contribution in [0.4, 0.5) is 10.6 Å². The minimum absolute atomic E-state index is 0.234. The van der Waals surface area contributed by atoms with Crippen LogP contribution in [0.15, 0.2) is 41.1 Å². The molecule has 8 nitrogen and oxygen atoms in total. The fourth-order valence-corrected chi connectivity index (χ4v) is 2.91. The van der Waals surface area contributed by atoms with E-state index in [9.17, 15) is 4.79 Å². The second-order valence-electron chi connectivity index (χ2n) is 6.30. The van der Waals surface area contributed by atoms with Crippen molar-refractivity contribution >= 4 is 11.8 Å². The number of hydrogen-bond donors (Lipinski definition) is 1. The van der Waals surface area contributed by atoms with Gasteiger partial charge >= 0.3 is 6.03 Å². The number of urea groups is 1. The Morgan fingerprint density at radius 1 is 1.30 bits per heavy atom. The smallest absolute Gasteiger partial charge is 0.323 e. The van der Waals surface area contributed by atoms with Crippen LogP contribution in [0.25, 0.3) is 11.1 Å². The van der Waals surface area contributed by atoms with E-state index in [1.165, 1.54) is 6.26 Å². The number of hydrogen-bond acceptors (Lipinski definition) is 5. The molecule has 0 spiro atoms. The number of ether oxygens (including phenoxy) is 1. The van der Waals surface area contributed by atoms with Gasteiger partial charge in [0, 0.05) is 25.7 Å². The van der Waals surface area contributed by atoms with Gasteiger partial charge < -0.3 is 14.2 Å². The molecule has 0 saturated carbocycles. The minimum Gasteiger partial charge on any atom is -0.497 e. The molecule has 27 heavy (non-hydrogen) atoms. The maximum atomic E-state index is 12.8. The average Bonchev–Trinajstić information content (AvgIpc) is 3.29. The third-order valence-electron chi connectivity index (χ3n) is 4.61. The van der Waals surface area contributed by atoms with Crippen LogP contribution in [0.1, 0.15) is 24.4 Å². The van der Waals surface area contributed by atoms with E-state index in [2.05, 4.69) is 15.6 Å². The number of carbonyl (C=O) groups excluding carboxylic acids is 1. The summed E-state index contributed by atoms with van der Waals surface area (Å²) < 4.78 is 11.8. The van der Waals surface area contributed by atoms with E-state index in [1.54, 1.807) is 36.9 Å². The first-order chi connectivity index (χ1) is 12.9. The lowest BCUT2D eigenvalue weighted by Crippen LogP contribution is -2.34. The summed E-state index contributed by atoms with van der Waals surface area (Å²) in [5.41, 5.74) is 3.33. The van der Waals surface area contributed by atoms with Gasteiger partial charge in [-0.25, -0.2) is 4.79 Å². The molecule has 3 rings (SSSR count). The van der Waals surface area contributed by atoms with Crippen LogP contribution in [0.5, 0.6) is 5.75 Å². The minimum atomic E-state index is -0.261. The highest BCUT2D eigenvalue weighted by molar-refractivity contribution is 5.94. The van der Waals surface area contributed by atoms with Gasteiger partial charge in [0.25, 0.3) is 0 Å². The molecule has 142 valence electrons. The zero-order chi connectivity index (χ0) is 19.6. The lowest BCUT2D eigenvalue weighted by Gasteiger charge is -2.23. The van der Waals surface area contributed by atoms with E-state index in [0.29, 0.717) is 11.5 Å². The lowest BCUT2D eigenvalue weighted by molar-refractivity contribution is 0.205. The number of nitrogens with one attached hydrogen (secondary N) is 1. The predicted molar refractivity (Wildman–Crippen MR) is 102 cm³/mol. The topological polar surface area (TPSA) is 85.4 Å². The Morgan fingerprint density at radius 3 is 2.59 bits per heavy atom. The fourth-order valence-electron chi connectivity index (χ4n) is 2.91. The van der Waals surface area contributed by atoms with E-state index in [1.807, 2.05) is 38.1 Å². The molecule has 0 aliphatic rings. The van der Waals surface area contributed by atoms with E-state index in [-0.39, 0.29) is 12.1 Å². The molecule has 1 atom stereocenters. The summed E-state index contributed by atoms with van der Waals surface area (Å²) >= 11 is 0. The Hall–Kier alpha value is -3.29. The first-order valence-corrected chi connectivity index (χ1v) is 8.54. The van der Waals surface area contributed by atoms with Crippen LogP contribution in [-0.2, 0) is 7.05 Å². The number of aryl methyl sites for hydroxylation is 2. The summed E-state index contributed by atoms with van der Waals surface area (Å²) in [7, 11) is 5.14. The normalized spacial score (nSPS) is 11.9. The molecular formula is C19H23N5O3. The van der Waals surface area contributed by atoms with E-state index < -0.39 is 0 Å². The molecular weight excluding hydrogens is 346 g/mol. The Morgan fingerprint density at radius 2 is 2.00 bits per heavy atom. The van der Waals surface area contributed by atoms with Crippen molar-refractivity contribution in [3.8, 4) is 16.9 Å². The lowest BCUT2D eigenvalue weighted by atomic mass is 10.1. The van der Waals surface area contributed by atoms with Crippen molar-refractivity contribution < 1.29 is 14.1 Å². The van der Waals surface area contributed by atoms with Crippen molar-refractivity contribution in [2.75, 3.05) is 19.5 Å². The number of rotatable bonds is 5. The zero-order valence-electron chi connectivity index (χ0n) is 16.1. The van der Waals surface area contributed by atoms with Crippen LogP contribution in [-0.4, -0.2) is 40.0 Å². The van der Waals surface area contributed by atoms with Gasteiger partial charge in [-0.1, -0.05) is 17.3 Å². The van der Waals surface area contributed by atoms with Crippen molar-refractivity contribution in [1.29, 1.82) is 0 Å². The molecule has 2 heterocycles. The highest BCUT2D eigenvalue weighted by Gasteiger charge is 2.23. The third kappa shape index (κ3) is 3.64. The first-order valence-electron chi connectivity index (χ1n) is 8.54. The molecule has 1 N–H and O–H groups in total. The van der Waals surface area contributed by atoms with Gasteiger partial charge in [0.2, 0.25) is 0 Å². The number of anilines is 1. The molecule has 0 radical (unpaired) electrons. The Bertz CT molecular complexity index is 916. The molecule has 8 heteroatoms. The number of aromatic nitrogens is 3. The summed E-state index contributed by atoms with van der Waals surface area (Å²) in [5, 5.41) is 11.3. The summed E-state index contributed by atoms with van der Waals surface area (Å²) in [6.07, 6.45) is 1.49. The largest absolute Gasteiger partial charge is 0.497 e. The highest BCUT2D eigenvalue weighted by atomic mass is 16.5. The predicted octanol–water partition coefficient (Wildman–Crippen LogP) is 3.62. The number of nitrogens with zero attached hydrogens (tertiary/aromatic N) is 4. The maximum absolute atomic E-state index is 12.8. The molecule has 0 aliphatic carbocycles. The third-order valence-corrected chi connectivity index (χ3v) is 4.61. The van der Waals surface area contributed by atoms with Crippen molar-refractivity contribution in [1.82, 2.24) is 19.8 Å². The summed E-state index contributed by atoms with van der Waals surface area (Å²) in [6.45, 7) is 3.80. The molecule has 2 aromatic heterocycles. The van der Waals surface area contributed by atoms with E-state index >= 15 is 0 Å². The molecule has 1 aromatic carbocycles. The molecule has 3 aromatic rings. The number of amides is 2. The number of benzene rings is 1. The van der Waals surface area contributed by atoms with Crippen LogP contribution in [0, 0.1) is 6.92 Å². The van der Waals surface area contributed by atoms with Gasteiger partial charge in [-0.05, 0) is 31.5 Å². The van der Waals surface area contributed by atoms with Crippen LogP contribution in [0.3, 0.4) is 0 Å². The molecule has 0 aliphatic heterocycles. The molecule has 0 fully saturated rings. The second-order valence-corrected chi connectivity index (χ2v) is 6.30. The van der Waals surface area contributed by atoms with E-state index in [0.717, 1.165) is 22.6 Å². The van der Waals surface area contributed by atoms with Crippen molar-refractivity contribution in [2.45, 2.75) is 19.9 Å². The SMILES string of the molecule is COc1ccc(-c2c(C)nn(C)c2NC(=O)N(C)C(C)c2ccon2)cc1. The second kappa shape index (κ2) is 7.53. The van der Waals surface area contributed by atoms with Crippen LogP contribution in [0.2, 0.25) is 0 Å². The van der Waals surface area contributed by atoms with Crippen LogP contribution < -0.4 is 10.1 Å². The zero-order valence-corrected chi connectivity index (χ0v) is 16.1. The average molecular weight is 369 g/mol. The summed E-state index contributed by atoms with van der Waals surface area (Å²) in [5.74, 6) is 1.40. The molecule has 1 unspecified atom stereocenters. The van der Waals surface area contributed by atoms with Gasteiger partial charge in [0.15, 0.2) is 0 Å². The number of methoxy groups -OCH3 is 1. The van der Waals surface area contributed by atoms with Gasteiger partial charge in [0.1, 0.15) is 23.5 Å². The molecule has 0 saturated heterocycles. The van der Waals surface area contributed by atoms with Crippen molar-refractivity contribution in [2.24, 2.45) is 7.05 Å². The summed E-state index contributed by atoms with van der Waals surface area (Å²) in [4.78, 5) is 14.4.